The van der Waals surface area contributed by atoms with Crippen LogP contribution < -0.4 is 0 Å². The lowest BCUT2D eigenvalue weighted by Gasteiger charge is -2.38. The molecule has 0 spiro atoms. The summed E-state index contributed by atoms with van der Waals surface area (Å²) >= 11 is 0. The summed E-state index contributed by atoms with van der Waals surface area (Å²) in [5.41, 5.74) is 10.5. The Morgan fingerprint density at radius 3 is 1.80 bits per heavy atom. The number of allylic oxidation sites excluding steroid dienone is 6. The van der Waals surface area contributed by atoms with E-state index in [4.69, 9.17) is 0 Å². The van der Waals surface area contributed by atoms with Crippen LogP contribution >= 0.6 is 0 Å². The SMILES string of the molecule is CC1=C(C)C(C)(C2=C3C(CCC2C)C3(C)C)C(C)=C1C. The van der Waals surface area contributed by atoms with Gasteiger partial charge in [-0.15, -0.1) is 0 Å². The predicted molar refractivity (Wildman–Crippen MR) is 87.6 cm³/mol. The minimum absolute atomic E-state index is 0.204. The third-order valence-corrected chi connectivity index (χ3v) is 7.23. The number of fused-ring (bicyclic) bond motifs is 1. The molecule has 0 radical (unpaired) electrons. The van der Waals surface area contributed by atoms with Crippen molar-refractivity contribution in [3.05, 3.63) is 33.4 Å². The molecule has 0 aromatic carbocycles. The van der Waals surface area contributed by atoms with Gasteiger partial charge in [0.15, 0.2) is 0 Å². The van der Waals surface area contributed by atoms with Gasteiger partial charge in [0.1, 0.15) is 0 Å². The monoisotopic (exact) mass is 270 g/mol. The van der Waals surface area contributed by atoms with Gasteiger partial charge in [0.2, 0.25) is 0 Å². The highest BCUT2D eigenvalue weighted by atomic mass is 14.6. The Kier molecular flexibility index (Phi) is 2.76. The summed E-state index contributed by atoms with van der Waals surface area (Å²) in [4.78, 5) is 0. The molecule has 0 heteroatoms. The van der Waals surface area contributed by atoms with Crippen LogP contribution in [0.4, 0.5) is 0 Å². The molecule has 0 aliphatic heterocycles. The first-order valence-electron chi connectivity index (χ1n) is 8.26. The van der Waals surface area contributed by atoms with Gasteiger partial charge in [-0.1, -0.05) is 43.1 Å². The molecular formula is C20H30. The highest BCUT2D eigenvalue weighted by Crippen LogP contribution is 2.69. The summed E-state index contributed by atoms with van der Waals surface area (Å²) in [5.74, 6) is 1.61. The average Bonchev–Trinajstić information content (AvgIpc) is 2.91. The van der Waals surface area contributed by atoms with E-state index in [0.29, 0.717) is 5.41 Å². The molecular weight excluding hydrogens is 240 g/mol. The normalized spacial score (nSPS) is 34.8. The molecule has 0 saturated heterocycles. The molecule has 3 aliphatic rings. The summed E-state index contributed by atoms with van der Waals surface area (Å²) in [5, 5.41) is 0. The van der Waals surface area contributed by atoms with Gasteiger partial charge in [0.05, 0.1) is 0 Å². The molecule has 0 nitrogen and oxygen atoms in total. The maximum atomic E-state index is 2.49. The second kappa shape index (κ2) is 3.90. The molecule has 1 saturated carbocycles. The Labute approximate surface area is 125 Å². The summed E-state index contributed by atoms with van der Waals surface area (Å²) in [7, 11) is 0. The number of rotatable bonds is 1. The molecule has 0 N–H and O–H groups in total. The van der Waals surface area contributed by atoms with Gasteiger partial charge in [0, 0.05) is 5.41 Å². The molecule has 0 aromatic heterocycles. The van der Waals surface area contributed by atoms with E-state index in [1.807, 2.05) is 0 Å². The van der Waals surface area contributed by atoms with E-state index in [1.165, 1.54) is 24.0 Å². The molecule has 0 heterocycles. The molecule has 0 aromatic rings. The van der Waals surface area contributed by atoms with Crippen LogP contribution in [0.2, 0.25) is 0 Å². The molecule has 3 rings (SSSR count). The second-order valence-corrected chi connectivity index (χ2v) is 8.21. The van der Waals surface area contributed by atoms with E-state index >= 15 is 0 Å². The van der Waals surface area contributed by atoms with Crippen molar-refractivity contribution in [3.8, 4) is 0 Å². The Hall–Kier alpha value is -0.780. The van der Waals surface area contributed by atoms with Crippen molar-refractivity contribution in [3.63, 3.8) is 0 Å². The van der Waals surface area contributed by atoms with Gasteiger partial charge in [-0.05, 0) is 75.9 Å². The summed E-state index contributed by atoms with van der Waals surface area (Å²) in [6, 6.07) is 0. The van der Waals surface area contributed by atoms with Crippen LogP contribution in [0.25, 0.3) is 0 Å². The van der Waals surface area contributed by atoms with E-state index < -0.39 is 0 Å². The zero-order valence-electron chi connectivity index (χ0n) is 14.6. The van der Waals surface area contributed by atoms with Crippen LogP contribution in [0.15, 0.2) is 33.4 Å². The molecule has 20 heavy (non-hydrogen) atoms. The van der Waals surface area contributed by atoms with Crippen molar-refractivity contribution in [2.75, 3.05) is 0 Å². The zero-order valence-corrected chi connectivity index (χ0v) is 14.6. The summed E-state index contributed by atoms with van der Waals surface area (Å²) < 4.78 is 0. The first-order chi connectivity index (χ1) is 9.15. The van der Waals surface area contributed by atoms with Crippen LogP contribution in [0.1, 0.15) is 68.2 Å². The van der Waals surface area contributed by atoms with E-state index in [2.05, 4.69) is 55.4 Å². The average molecular weight is 270 g/mol. The van der Waals surface area contributed by atoms with Crippen LogP contribution in [0, 0.1) is 22.7 Å². The molecule has 110 valence electrons. The Morgan fingerprint density at radius 2 is 1.30 bits per heavy atom. The predicted octanol–water partition coefficient (Wildman–Crippen LogP) is 6.06. The van der Waals surface area contributed by atoms with Crippen molar-refractivity contribution in [2.45, 2.75) is 68.2 Å². The largest absolute Gasteiger partial charge is 0.0593 e. The van der Waals surface area contributed by atoms with Gasteiger partial charge < -0.3 is 0 Å². The van der Waals surface area contributed by atoms with Crippen molar-refractivity contribution in [2.24, 2.45) is 22.7 Å². The molecule has 0 amide bonds. The first-order valence-corrected chi connectivity index (χ1v) is 8.26. The van der Waals surface area contributed by atoms with Crippen LogP contribution in [-0.4, -0.2) is 0 Å². The lowest BCUT2D eigenvalue weighted by Crippen LogP contribution is -2.26. The summed E-state index contributed by atoms with van der Waals surface area (Å²) in [6.45, 7) is 19.2. The van der Waals surface area contributed by atoms with E-state index in [0.717, 1.165) is 11.8 Å². The van der Waals surface area contributed by atoms with E-state index in [9.17, 15) is 0 Å². The fourth-order valence-corrected chi connectivity index (χ4v) is 5.27. The standard InChI is InChI=1S/C20H30/c1-11-9-10-16-18(19(16,6)7)17(11)20(8)14(4)12(2)13(3)15(20)5/h11,16H,9-10H2,1-8H3. The third kappa shape index (κ3) is 1.43. The van der Waals surface area contributed by atoms with E-state index in [1.54, 1.807) is 22.3 Å². The van der Waals surface area contributed by atoms with Gasteiger partial charge in [-0.3, -0.25) is 0 Å². The van der Waals surface area contributed by atoms with Gasteiger partial charge in [-0.25, -0.2) is 0 Å². The second-order valence-electron chi connectivity index (χ2n) is 8.21. The minimum atomic E-state index is 0.204. The molecule has 2 atom stereocenters. The lowest BCUT2D eigenvalue weighted by atomic mass is 9.66. The van der Waals surface area contributed by atoms with Crippen molar-refractivity contribution in [1.82, 2.24) is 0 Å². The quantitative estimate of drug-likeness (QED) is 0.508. The van der Waals surface area contributed by atoms with Gasteiger partial charge >= 0.3 is 0 Å². The smallest absolute Gasteiger partial charge is 0.0313 e. The Morgan fingerprint density at radius 1 is 0.800 bits per heavy atom. The van der Waals surface area contributed by atoms with Crippen molar-refractivity contribution in [1.29, 1.82) is 0 Å². The molecule has 3 aliphatic carbocycles. The molecule has 0 bridgehead atoms. The Bertz CT molecular complexity index is 553. The van der Waals surface area contributed by atoms with Gasteiger partial charge in [-0.2, -0.15) is 0 Å². The topological polar surface area (TPSA) is 0 Å². The third-order valence-electron chi connectivity index (χ3n) is 7.23. The maximum Gasteiger partial charge on any atom is 0.0313 e. The summed E-state index contributed by atoms with van der Waals surface area (Å²) in [6.07, 6.45) is 2.79. The highest BCUT2D eigenvalue weighted by molar-refractivity contribution is 5.60. The van der Waals surface area contributed by atoms with Crippen LogP contribution in [-0.2, 0) is 0 Å². The fraction of sp³-hybridized carbons (Fsp3) is 0.700. The molecule has 1 fully saturated rings. The highest BCUT2D eigenvalue weighted by Gasteiger charge is 2.59. The lowest BCUT2D eigenvalue weighted by molar-refractivity contribution is 0.424. The molecule has 2 unspecified atom stereocenters. The van der Waals surface area contributed by atoms with Crippen LogP contribution in [0.3, 0.4) is 0 Å². The number of hydrogen-bond donors (Lipinski definition) is 0. The number of hydrogen-bond acceptors (Lipinski definition) is 0. The van der Waals surface area contributed by atoms with Gasteiger partial charge in [0.25, 0.3) is 0 Å². The zero-order chi connectivity index (χ0) is 15.0. The fourth-order valence-electron chi connectivity index (χ4n) is 5.27. The Balaban J connectivity index is 2.23. The van der Waals surface area contributed by atoms with Crippen LogP contribution in [0.5, 0.6) is 0 Å². The van der Waals surface area contributed by atoms with E-state index in [-0.39, 0.29) is 5.41 Å². The van der Waals surface area contributed by atoms with Crippen molar-refractivity contribution < 1.29 is 0 Å². The van der Waals surface area contributed by atoms with Crippen molar-refractivity contribution >= 4 is 0 Å². The first kappa shape index (κ1) is 14.2. The maximum absolute atomic E-state index is 2.49. The minimum Gasteiger partial charge on any atom is -0.0593 e.